The van der Waals surface area contributed by atoms with Crippen LogP contribution in [0.3, 0.4) is 0 Å². The Balaban J connectivity index is 2.41. The van der Waals surface area contributed by atoms with E-state index in [2.05, 4.69) is 10.3 Å². The quantitative estimate of drug-likeness (QED) is 0.543. The zero-order valence-corrected chi connectivity index (χ0v) is 6.77. The maximum atomic E-state index is 4.99. The van der Waals surface area contributed by atoms with E-state index in [-0.39, 0.29) is 0 Å². The Morgan fingerprint density at radius 3 is 3.18 bits per heavy atom. The van der Waals surface area contributed by atoms with Crippen LogP contribution in [0.25, 0.3) is 0 Å². The number of rotatable bonds is 0. The zero-order valence-electron chi connectivity index (χ0n) is 5.95. The van der Waals surface area contributed by atoms with Crippen LogP contribution in [0.2, 0.25) is 0 Å². The maximum Gasteiger partial charge on any atom is 0.104 e. The molecule has 2 rings (SSSR count). The van der Waals surface area contributed by atoms with E-state index in [0.717, 1.165) is 23.5 Å². The summed E-state index contributed by atoms with van der Waals surface area (Å²) in [6.07, 6.45) is 5.48. The molecule has 1 aromatic rings. The van der Waals surface area contributed by atoms with Crippen molar-refractivity contribution < 1.29 is 0 Å². The van der Waals surface area contributed by atoms with Crippen LogP contribution in [0, 0.1) is 0 Å². The SMILES string of the molecule is S=C1CCc2ccncc2[N]1. The van der Waals surface area contributed by atoms with Crippen LogP contribution in [0.15, 0.2) is 18.5 Å². The van der Waals surface area contributed by atoms with E-state index in [1.165, 1.54) is 5.56 Å². The van der Waals surface area contributed by atoms with Gasteiger partial charge in [0.1, 0.15) is 4.99 Å². The summed E-state index contributed by atoms with van der Waals surface area (Å²) in [4.78, 5) is 4.78. The van der Waals surface area contributed by atoms with Crippen molar-refractivity contribution in [1.82, 2.24) is 10.3 Å². The Hall–Kier alpha value is -0.960. The van der Waals surface area contributed by atoms with Crippen LogP contribution in [0.1, 0.15) is 12.0 Å². The third-order valence-corrected chi connectivity index (χ3v) is 2.04. The van der Waals surface area contributed by atoms with Crippen molar-refractivity contribution in [3.63, 3.8) is 0 Å². The fraction of sp³-hybridized carbons (Fsp3) is 0.250. The molecule has 0 fully saturated rings. The number of fused-ring (bicyclic) bond motifs is 1. The van der Waals surface area contributed by atoms with Crippen molar-refractivity contribution >= 4 is 22.9 Å². The monoisotopic (exact) mass is 163 g/mol. The van der Waals surface area contributed by atoms with Gasteiger partial charge in [0.05, 0.1) is 11.9 Å². The molecular weight excluding hydrogens is 156 g/mol. The topological polar surface area (TPSA) is 27.0 Å². The normalized spacial score (nSPS) is 15.5. The standard InChI is InChI=1S/C8H7N2S/c11-8-2-1-6-3-4-9-5-7(6)10-8/h3-5H,1-2H2. The molecule has 11 heavy (non-hydrogen) atoms. The minimum absolute atomic E-state index is 0.797. The summed E-state index contributed by atoms with van der Waals surface area (Å²) in [5, 5.41) is 4.21. The number of aromatic nitrogens is 1. The Morgan fingerprint density at radius 2 is 2.27 bits per heavy atom. The molecule has 0 saturated heterocycles. The van der Waals surface area contributed by atoms with E-state index in [0.29, 0.717) is 0 Å². The second-order valence-corrected chi connectivity index (χ2v) is 2.98. The van der Waals surface area contributed by atoms with Gasteiger partial charge in [0, 0.05) is 12.6 Å². The lowest BCUT2D eigenvalue weighted by Crippen LogP contribution is -2.16. The van der Waals surface area contributed by atoms with Crippen LogP contribution in [-0.2, 0) is 6.42 Å². The van der Waals surface area contributed by atoms with Gasteiger partial charge in [-0.25, -0.2) is 5.32 Å². The molecule has 0 amide bonds. The lowest BCUT2D eigenvalue weighted by atomic mass is 10.1. The largest absolute Gasteiger partial charge is 0.262 e. The number of pyridine rings is 1. The van der Waals surface area contributed by atoms with Crippen molar-refractivity contribution in [3.05, 3.63) is 24.0 Å². The smallest absolute Gasteiger partial charge is 0.104 e. The highest BCUT2D eigenvalue weighted by atomic mass is 32.1. The number of thiocarbonyl (C=S) groups is 1. The second kappa shape index (κ2) is 2.58. The summed E-state index contributed by atoms with van der Waals surface area (Å²) in [6.45, 7) is 0. The van der Waals surface area contributed by atoms with E-state index in [4.69, 9.17) is 12.2 Å². The first kappa shape index (κ1) is 6.73. The van der Waals surface area contributed by atoms with E-state index in [9.17, 15) is 0 Å². The van der Waals surface area contributed by atoms with E-state index < -0.39 is 0 Å². The molecule has 2 heterocycles. The van der Waals surface area contributed by atoms with E-state index >= 15 is 0 Å². The van der Waals surface area contributed by atoms with Crippen molar-refractivity contribution in [3.8, 4) is 0 Å². The lowest BCUT2D eigenvalue weighted by molar-refractivity contribution is 0.948. The first-order valence-corrected chi connectivity index (χ1v) is 3.94. The number of hydrogen-bond donors (Lipinski definition) is 0. The fourth-order valence-electron chi connectivity index (χ4n) is 1.16. The molecule has 0 aliphatic carbocycles. The molecule has 2 nitrogen and oxygen atoms in total. The average Bonchev–Trinajstić information content (AvgIpc) is 2.04. The van der Waals surface area contributed by atoms with Gasteiger partial charge in [-0.1, -0.05) is 12.2 Å². The molecule has 1 aliphatic heterocycles. The van der Waals surface area contributed by atoms with E-state index in [1.807, 2.05) is 6.07 Å². The highest BCUT2D eigenvalue weighted by Gasteiger charge is 2.12. The second-order valence-electron chi connectivity index (χ2n) is 2.51. The summed E-state index contributed by atoms with van der Waals surface area (Å²) in [5.74, 6) is 0. The maximum absolute atomic E-state index is 4.99. The van der Waals surface area contributed by atoms with Gasteiger partial charge in [-0.3, -0.25) is 4.98 Å². The van der Waals surface area contributed by atoms with Crippen molar-refractivity contribution in [1.29, 1.82) is 0 Å². The van der Waals surface area contributed by atoms with Crippen molar-refractivity contribution in [2.45, 2.75) is 12.8 Å². The summed E-state index contributed by atoms with van der Waals surface area (Å²) in [7, 11) is 0. The van der Waals surface area contributed by atoms with E-state index in [1.54, 1.807) is 12.4 Å². The summed E-state index contributed by atoms with van der Waals surface area (Å²) in [5.41, 5.74) is 2.21. The third-order valence-electron chi connectivity index (χ3n) is 1.74. The lowest BCUT2D eigenvalue weighted by Gasteiger charge is -2.14. The Kier molecular flexibility index (Phi) is 1.58. The minimum atomic E-state index is 0.797. The molecule has 0 aromatic carbocycles. The summed E-state index contributed by atoms with van der Waals surface area (Å²) in [6, 6.07) is 2.00. The van der Waals surface area contributed by atoms with Crippen LogP contribution in [0.4, 0.5) is 5.69 Å². The summed E-state index contributed by atoms with van der Waals surface area (Å²) >= 11 is 4.99. The van der Waals surface area contributed by atoms with Crippen LogP contribution >= 0.6 is 12.2 Å². The van der Waals surface area contributed by atoms with Gasteiger partial charge in [0.2, 0.25) is 0 Å². The molecule has 0 spiro atoms. The van der Waals surface area contributed by atoms with Gasteiger partial charge in [-0.15, -0.1) is 0 Å². The molecule has 0 atom stereocenters. The van der Waals surface area contributed by atoms with Gasteiger partial charge in [-0.05, 0) is 18.1 Å². The molecular formula is C8H7N2S. The third kappa shape index (κ3) is 1.24. The molecule has 3 heteroatoms. The molecule has 1 aromatic heterocycles. The fourth-order valence-corrected chi connectivity index (χ4v) is 1.36. The number of hydrogen-bond acceptors (Lipinski definition) is 2. The molecule has 1 aliphatic rings. The van der Waals surface area contributed by atoms with Gasteiger partial charge >= 0.3 is 0 Å². The average molecular weight is 163 g/mol. The van der Waals surface area contributed by atoms with Crippen LogP contribution in [0.5, 0.6) is 0 Å². The predicted octanol–water partition coefficient (Wildman–Crippen LogP) is 1.59. The molecule has 0 bridgehead atoms. The highest BCUT2D eigenvalue weighted by molar-refractivity contribution is 7.80. The number of nitrogens with zero attached hydrogens (tertiary/aromatic N) is 2. The number of aryl methyl sites for hydroxylation is 1. The van der Waals surface area contributed by atoms with Gasteiger partial charge in [0.15, 0.2) is 0 Å². The first-order chi connectivity index (χ1) is 5.36. The molecule has 0 unspecified atom stereocenters. The zero-order chi connectivity index (χ0) is 7.68. The summed E-state index contributed by atoms with van der Waals surface area (Å²) < 4.78 is 0. The Bertz CT molecular complexity index is 296. The van der Waals surface area contributed by atoms with Gasteiger partial charge in [-0.2, -0.15) is 0 Å². The molecule has 55 valence electrons. The molecule has 0 saturated carbocycles. The van der Waals surface area contributed by atoms with Crippen molar-refractivity contribution in [2.75, 3.05) is 0 Å². The predicted molar refractivity (Wildman–Crippen MR) is 47.0 cm³/mol. The van der Waals surface area contributed by atoms with Gasteiger partial charge in [0.25, 0.3) is 0 Å². The van der Waals surface area contributed by atoms with Gasteiger partial charge < -0.3 is 0 Å². The highest BCUT2D eigenvalue weighted by Crippen LogP contribution is 2.20. The van der Waals surface area contributed by atoms with Crippen molar-refractivity contribution in [2.24, 2.45) is 0 Å². The minimum Gasteiger partial charge on any atom is -0.262 e. The molecule has 1 radical (unpaired) electrons. The van der Waals surface area contributed by atoms with Crippen LogP contribution < -0.4 is 5.32 Å². The Morgan fingerprint density at radius 1 is 1.36 bits per heavy atom. The van der Waals surface area contributed by atoms with Crippen LogP contribution in [-0.4, -0.2) is 9.97 Å². The molecule has 0 N–H and O–H groups in total. The Labute approximate surface area is 70.6 Å². The first-order valence-electron chi connectivity index (χ1n) is 3.54.